The summed E-state index contributed by atoms with van der Waals surface area (Å²) in [4.78, 5) is 4.92. The molecule has 2 aromatic rings. The van der Waals surface area contributed by atoms with Gasteiger partial charge in [-0.25, -0.2) is 4.99 Å². The van der Waals surface area contributed by atoms with Gasteiger partial charge in [0.1, 0.15) is 0 Å². The van der Waals surface area contributed by atoms with Crippen molar-refractivity contribution in [2.45, 2.75) is 37.5 Å². The Hall–Kier alpha value is -1.38. The predicted octanol–water partition coefficient (Wildman–Crippen LogP) is 7.18. The Balaban J connectivity index is 1.98. The van der Waals surface area contributed by atoms with Crippen LogP contribution in [0.5, 0.6) is 0 Å². The molecule has 1 saturated carbocycles. The predicted molar refractivity (Wildman–Crippen MR) is 110 cm³/mol. The number of aliphatic imine (C=N–C) groups is 1. The summed E-state index contributed by atoms with van der Waals surface area (Å²) < 4.78 is 1.04. The highest BCUT2D eigenvalue weighted by molar-refractivity contribution is 9.18. The van der Waals surface area contributed by atoms with E-state index in [1.807, 2.05) is 6.07 Å². The lowest BCUT2D eigenvalue weighted by molar-refractivity contribution is 0.257. The van der Waals surface area contributed by atoms with Crippen molar-refractivity contribution >= 4 is 37.8 Å². The first-order valence-corrected chi connectivity index (χ1v) is 9.97. The third kappa shape index (κ3) is 2.53. The van der Waals surface area contributed by atoms with Crippen LogP contribution in [0.3, 0.4) is 0 Å². The molecular formula is C22H21BrClN. The van der Waals surface area contributed by atoms with Crippen LogP contribution in [0.15, 0.2) is 65.7 Å². The van der Waals surface area contributed by atoms with Gasteiger partial charge in [-0.2, -0.15) is 0 Å². The molecule has 3 heteroatoms. The van der Waals surface area contributed by atoms with Crippen molar-refractivity contribution in [1.82, 2.24) is 0 Å². The van der Waals surface area contributed by atoms with Gasteiger partial charge in [-0.3, -0.25) is 0 Å². The van der Waals surface area contributed by atoms with Gasteiger partial charge < -0.3 is 0 Å². The van der Waals surface area contributed by atoms with Gasteiger partial charge in [-0.1, -0.05) is 60.5 Å². The number of nitrogens with zero attached hydrogens (tertiary/aromatic N) is 1. The molecule has 3 atom stereocenters. The van der Waals surface area contributed by atoms with Crippen LogP contribution in [0.2, 0.25) is 5.02 Å². The van der Waals surface area contributed by atoms with Crippen molar-refractivity contribution in [2.24, 2.45) is 10.9 Å². The molecule has 4 rings (SSSR count). The van der Waals surface area contributed by atoms with E-state index >= 15 is 0 Å². The highest BCUT2D eigenvalue weighted by Gasteiger charge is 2.55. The molecule has 2 aromatic carbocycles. The largest absolute Gasteiger partial charge is 0.245 e. The number of allylic oxidation sites excluding steroid dienone is 1. The number of hydrogen-bond donors (Lipinski definition) is 0. The van der Waals surface area contributed by atoms with Gasteiger partial charge in [0, 0.05) is 10.9 Å². The lowest BCUT2D eigenvalue weighted by atomic mass is 9.55. The van der Waals surface area contributed by atoms with Crippen LogP contribution in [-0.2, 0) is 5.41 Å². The summed E-state index contributed by atoms with van der Waals surface area (Å²) in [5, 5.41) is 0.796. The molecule has 128 valence electrons. The van der Waals surface area contributed by atoms with E-state index in [1.54, 1.807) is 0 Å². The molecule has 1 heterocycles. The number of rotatable bonds is 2. The minimum atomic E-state index is -0.175. The maximum Gasteiger partial charge on any atom is 0.0955 e. The number of para-hydroxylation sites is 1. The van der Waals surface area contributed by atoms with E-state index in [0.717, 1.165) is 28.2 Å². The first-order valence-electron chi connectivity index (χ1n) is 8.80. The Bertz CT molecular complexity index is 872. The Morgan fingerprint density at radius 2 is 2.00 bits per heavy atom. The molecule has 1 aliphatic carbocycles. The fraction of sp³-hybridized carbons (Fsp3) is 0.318. The van der Waals surface area contributed by atoms with Gasteiger partial charge in [0.15, 0.2) is 0 Å². The van der Waals surface area contributed by atoms with Crippen LogP contribution >= 0.6 is 27.5 Å². The van der Waals surface area contributed by atoms with Crippen LogP contribution in [0.1, 0.15) is 43.2 Å². The van der Waals surface area contributed by atoms with Gasteiger partial charge in [-0.05, 0) is 70.9 Å². The van der Waals surface area contributed by atoms with E-state index in [-0.39, 0.29) is 5.41 Å². The van der Waals surface area contributed by atoms with Crippen molar-refractivity contribution in [2.75, 3.05) is 0 Å². The zero-order valence-electron chi connectivity index (χ0n) is 14.3. The SMILES string of the molecule is C=C(C)C1CCCC(c2cccc(Cl)c2)C12C(Br)=Nc1ccccc12. The van der Waals surface area contributed by atoms with E-state index in [9.17, 15) is 0 Å². The van der Waals surface area contributed by atoms with Crippen LogP contribution < -0.4 is 0 Å². The highest BCUT2D eigenvalue weighted by atomic mass is 79.9. The molecule has 0 N–H and O–H groups in total. The normalized spacial score (nSPS) is 27.9. The van der Waals surface area contributed by atoms with E-state index in [1.165, 1.54) is 23.1 Å². The minimum absolute atomic E-state index is 0.175. The summed E-state index contributed by atoms with van der Waals surface area (Å²) >= 11 is 10.2. The summed E-state index contributed by atoms with van der Waals surface area (Å²) in [5.41, 5.74) is 4.75. The lowest BCUT2D eigenvalue weighted by Gasteiger charge is -2.48. The van der Waals surface area contributed by atoms with Crippen molar-refractivity contribution in [3.8, 4) is 0 Å². The fourth-order valence-corrected chi connectivity index (χ4v) is 6.06. The number of hydrogen-bond acceptors (Lipinski definition) is 1. The molecule has 1 fully saturated rings. The highest BCUT2D eigenvalue weighted by Crippen LogP contribution is 2.60. The maximum absolute atomic E-state index is 6.34. The molecule has 1 aliphatic heterocycles. The van der Waals surface area contributed by atoms with Gasteiger partial charge in [0.2, 0.25) is 0 Å². The van der Waals surface area contributed by atoms with E-state index in [0.29, 0.717) is 11.8 Å². The maximum atomic E-state index is 6.34. The fourth-order valence-electron chi connectivity index (χ4n) is 4.91. The van der Waals surface area contributed by atoms with E-state index in [2.05, 4.69) is 71.9 Å². The molecule has 0 amide bonds. The molecule has 0 saturated heterocycles. The van der Waals surface area contributed by atoms with Crippen LogP contribution in [-0.4, -0.2) is 4.62 Å². The topological polar surface area (TPSA) is 12.4 Å². The Morgan fingerprint density at radius 3 is 2.76 bits per heavy atom. The first-order chi connectivity index (χ1) is 12.0. The standard InChI is InChI=1S/C22H21BrClN/c1-14(2)17-10-6-11-18(15-7-5-8-16(24)13-15)22(17)19-9-3-4-12-20(19)25-21(22)23/h3-5,7-9,12-13,17-18H,1,6,10-11H2,2H3. The number of benzene rings is 2. The van der Waals surface area contributed by atoms with E-state index < -0.39 is 0 Å². The van der Waals surface area contributed by atoms with Crippen LogP contribution in [0.4, 0.5) is 5.69 Å². The summed E-state index contributed by atoms with van der Waals surface area (Å²) in [6.07, 6.45) is 3.47. The number of fused-ring (bicyclic) bond motifs is 2. The van der Waals surface area contributed by atoms with Gasteiger partial charge in [-0.15, -0.1) is 0 Å². The molecule has 0 aromatic heterocycles. The molecular weight excluding hydrogens is 394 g/mol. The van der Waals surface area contributed by atoms with E-state index in [4.69, 9.17) is 16.6 Å². The summed E-state index contributed by atoms with van der Waals surface area (Å²) in [6, 6.07) is 16.9. The zero-order chi connectivity index (χ0) is 17.6. The monoisotopic (exact) mass is 413 g/mol. The van der Waals surface area contributed by atoms with Crippen molar-refractivity contribution in [3.63, 3.8) is 0 Å². The molecule has 3 unspecified atom stereocenters. The average Bonchev–Trinajstić information content (AvgIpc) is 2.88. The van der Waals surface area contributed by atoms with Crippen molar-refractivity contribution in [1.29, 1.82) is 0 Å². The smallest absolute Gasteiger partial charge is 0.0955 e. The Kier molecular flexibility index (Phi) is 4.37. The van der Waals surface area contributed by atoms with Gasteiger partial charge in [0.05, 0.1) is 15.7 Å². The summed E-state index contributed by atoms with van der Waals surface area (Å²) in [6.45, 7) is 6.51. The summed E-state index contributed by atoms with van der Waals surface area (Å²) in [7, 11) is 0. The first kappa shape index (κ1) is 17.1. The zero-order valence-corrected chi connectivity index (χ0v) is 16.6. The molecule has 1 nitrogen and oxygen atoms in total. The average molecular weight is 415 g/mol. The van der Waals surface area contributed by atoms with Crippen LogP contribution in [0, 0.1) is 5.92 Å². The second kappa shape index (κ2) is 6.41. The Labute approximate surface area is 163 Å². The third-order valence-electron chi connectivity index (χ3n) is 5.84. The molecule has 25 heavy (non-hydrogen) atoms. The minimum Gasteiger partial charge on any atom is -0.245 e. The lowest BCUT2D eigenvalue weighted by Crippen LogP contribution is -2.47. The Morgan fingerprint density at radius 1 is 1.20 bits per heavy atom. The van der Waals surface area contributed by atoms with Crippen molar-refractivity contribution < 1.29 is 0 Å². The second-order valence-corrected chi connectivity index (χ2v) is 8.41. The molecule has 1 spiro atoms. The third-order valence-corrected chi connectivity index (χ3v) is 6.91. The molecule has 0 radical (unpaired) electrons. The molecule has 2 aliphatic rings. The molecule has 0 bridgehead atoms. The number of halogens is 2. The summed E-state index contributed by atoms with van der Waals surface area (Å²) in [5.74, 6) is 0.704. The van der Waals surface area contributed by atoms with Crippen LogP contribution in [0.25, 0.3) is 0 Å². The quantitative estimate of drug-likeness (QED) is 0.462. The van der Waals surface area contributed by atoms with Crippen molar-refractivity contribution in [3.05, 3.63) is 76.8 Å². The van der Waals surface area contributed by atoms with Gasteiger partial charge >= 0.3 is 0 Å². The van der Waals surface area contributed by atoms with Gasteiger partial charge in [0.25, 0.3) is 0 Å². The second-order valence-electron chi connectivity index (χ2n) is 7.23.